The highest BCUT2D eigenvalue weighted by molar-refractivity contribution is 8.13. The molecule has 1 saturated heterocycles. The number of nitrogens with one attached hydrogen (secondary N) is 1. The molecule has 25 heavy (non-hydrogen) atoms. The van der Waals surface area contributed by atoms with Crippen molar-refractivity contribution in [1.82, 2.24) is 4.90 Å². The summed E-state index contributed by atoms with van der Waals surface area (Å²) in [6.45, 7) is 0.586. The summed E-state index contributed by atoms with van der Waals surface area (Å²) in [6.07, 6.45) is 0. The Labute approximate surface area is 158 Å². The van der Waals surface area contributed by atoms with Gasteiger partial charge in [-0.25, -0.2) is 4.39 Å². The van der Waals surface area contributed by atoms with Gasteiger partial charge in [-0.3, -0.25) is 9.59 Å². The van der Waals surface area contributed by atoms with E-state index in [0.29, 0.717) is 23.0 Å². The van der Waals surface area contributed by atoms with Gasteiger partial charge in [-0.15, -0.1) is 0 Å². The van der Waals surface area contributed by atoms with Crippen molar-refractivity contribution in [2.75, 3.05) is 24.2 Å². The second kappa shape index (κ2) is 8.12. The van der Waals surface area contributed by atoms with Crippen molar-refractivity contribution in [2.24, 2.45) is 0 Å². The lowest BCUT2D eigenvalue weighted by atomic mass is 10.3. The molecule has 0 aliphatic carbocycles. The minimum Gasteiger partial charge on any atom is -0.323 e. The molecular formula is C17H14ClFN2O2S2. The third kappa shape index (κ3) is 4.90. The molecule has 1 N–H and O–H groups in total. The van der Waals surface area contributed by atoms with E-state index in [1.807, 2.05) is 0 Å². The smallest absolute Gasteiger partial charge is 0.282 e. The van der Waals surface area contributed by atoms with Gasteiger partial charge in [-0.2, -0.15) is 0 Å². The summed E-state index contributed by atoms with van der Waals surface area (Å²) >= 11 is 8.65. The van der Waals surface area contributed by atoms with E-state index in [0.717, 1.165) is 9.79 Å². The Balaban J connectivity index is 1.73. The first-order valence-corrected chi connectivity index (χ1v) is 9.64. The van der Waals surface area contributed by atoms with E-state index in [-0.39, 0.29) is 23.5 Å². The maximum absolute atomic E-state index is 13.0. The Kier molecular flexibility index (Phi) is 5.88. The molecule has 0 saturated carbocycles. The number of benzene rings is 2. The second-order valence-corrected chi connectivity index (χ2v) is 7.88. The molecule has 1 aliphatic rings. The zero-order valence-electron chi connectivity index (χ0n) is 13.0. The van der Waals surface area contributed by atoms with Crippen LogP contribution in [0.2, 0.25) is 5.02 Å². The van der Waals surface area contributed by atoms with Gasteiger partial charge in [0, 0.05) is 27.1 Å². The topological polar surface area (TPSA) is 49.4 Å². The van der Waals surface area contributed by atoms with E-state index >= 15 is 0 Å². The maximum atomic E-state index is 13.0. The van der Waals surface area contributed by atoms with E-state index in [1.54, 1.807) is 30.3 Å². The summed E-state index contributed by atoms with van der Waals surface area (Å²) in [4.78, 5) is 27.0. The molecule has 0 radical (unpaired) electrons. The predicted molar refractivity (Wildman–Crippen MR) is 100 cm³/mol. The van der Waals surface area contributed by atoms with Crippen molar-refractivity contribution >= 4 is 52.0 Å². The fraction of sp³-hybridized carbons (Fsp3) is 0.176. The molecular weight excluding hydrogens is 383 g/mol. The third-order valence-corrected chi connectivity index (χ3v) is 5.65. The van der Waals surface area contributed by atoms with Gasteiger partial charge in [-0.05, 0) is 42.5 Å². The van der Waals surface area contributed by atoms with Gasteiger partial charge in [0.25, 0.3) is 5.24 Å². The number of hydrogen-bond acceptors (Lipinski definition) is 4. The molecule has 2 aromatic rings. The minimum absolute atomic E-state index is 0.0129. The summed E-state index contributed by atoms with van der Waals surface area (Å²) in [5, 5.41) is 3.22. The molecule has 1 heterocycles. The van der Waals surface area contributed by atoms with Crippen LogP contribution in [0.5, 0.6) is 0 Å². The van der Waals surface area contributed by atoms with Crippen molar-refractivity contribution in [3.05, 3.63) is 53.3 Å². The van der Waals surface area contributed by atoms with Crippen molar-refractivity contribution in [3.63, 3.8) is 0 Å². The van der Waals surface area contributed by atoms with Gasteiger partial charge < -0.3 is 10.2 Å². The van der Waals surface area contributed by atoms with Crippen LogP contribution in [0.25, 0.3) is 0 Å². The first-order valence-electron chi connectivity index (χ1n) is 7.46. The molecule has 0 unspecified atom stereocenters. The number of hydrogen-bond donors (Lipinski definition) is 1. The normalized spacial score (nSPS) is 14.0. The Bertz CT molecular complexity index is 802. The number of nitrogens with zero attached hydrogens (tertiary/aromatic N) is 1. The maximum Gasteiger partial charge on any atom is 0.282 e. The Morgan fingerprint density at radius 1 is 1.28 bits per heavy atom. The molecule has 2 aromatic carbocycles. The first-order chi connectivity index (χ1) is 12.0. The quantitative estimate of drug-likeness (QED) is 0.793. The zero-order chi connectivity index (χ0) is 17.8. The number of anilines is 1. The predicted octanol–water partition coefficient (Wildman–Crippen LogP) is 4.74. The van der Waals surface area contributed by atoms with Crippen LogP contribution < -0.4 is 5.32 Å². The summed E-state index contributed by atoms with van der Waals surface area (Å²) < 4.78 is 13.0. The average molecular weight is 397 g/mol. The number of halogens is 2. The van der Waals surface area contributed by atoms with Gasteiger partial charge in [0.1, 0.15) is 12.4 Å². The summed E-state index contributed by atoms with van der Waals surface area (Å²) in [5.41, 5.74) is 0.561. The molecule has 3 rings (SSSR count). The fourth-order valence-corrected chi connectivity index (χ4v) is 4.13. The number of thioether (sulfide) groups is 1. The zero-order valence-corrected chi connectivity index (χ0v) is 15.4. The van der Waals surface area contributed by atoms with Gasteiger partial charge in [0.15, 0.2) is 0 Å². The fourth-order valence-electron chi connectivity index (χ4n) is 2.25. The molecule has 0 aromatic heterocycles. The van der Waals surface area contributed by atoms with E-state index in [4.69, 9.17) is 11.6 Å². The number of carbonyl (C=O) groups is 2. The highest BCUT2D eigenvalue weighted by atomic mass is 35.5. The van der Waals surface area contributed by atoms with Crippen LogP contribution in [0.15, 0.2) is 52.3 Å². The van der Waals surface area contributed by atoms with Crippen LogP contribution in [0.1, 0.15) is 0 Å². The molecule has 8 heteroatoms. The number of amides is 2. The van der Waals surface area contributed by atoms with Crippen molar-refractivity contribution in [3.8, 4) is 0 Å². The van der Waals surface area contributed by atoms with E-state index in [9.17, 15) is 14.0 Å². The average Bonchev–Trinajstić information content (AvgIpc) is 2.97. The third-order valence-electron chi connectivity index (χ3n) is 3.44. The highest BCUT2D eigenvalue weighted by Gasteiger charge is 2.23. The molecule has 1 fully saturated rings. The first kappa shape index (κ1) is 18.1. The molecule has 0 bridgehead atoms. The van der Waals surface area contributed by atoms with Crippen LogP contribution >= 0.6 is 35.1 Å². The highest BCUT2D eigenvalue weighted by Crippen LogP contribution is 2.35. The van der Waals surface area contributed by atoms with Crippen molar-refractivity contribution in [2.45, 2.75) is 9.79 Å². The Morgan fingerprint density at radius 2 is 2.04 bits per heavy atom. The summed E-state index contributed by atoms with van der Waals surface area (Å²) in [5.74, 6) is 0.121. The largest absolute Gasteiger partial charge is 0.323 e. The lowest BCUT2D eigenvalue weighted by molar-refractivity contribution is -0.116. The monoisotopic (exact) mass is 396 g/mol. The number of rotatable bonds is 5. The van der Waals surface area contributed by atoms with Gasteiger partial charge in [0.05, 0.1) is 5.69 Å². The second-order valence-electron chi connectivity index (χ2n) is 5.28. The molecule has 0 atom stereocenters. The van der Waals surface area contributed by atoms with Gasteiger partial charge in [-0.1, -0.05) is 35.1 Å². The molecule has 4 nitrogen and oxygen atoms in total. The van der Waals surface area contributed by atoms with Crippen LogP contribution in [-0.4, -0.2) is 34.9 Å². The summed E-state index contributed by atoms with van der Waals surface area (Å²) in [6, 6.07) is 11.3. The molecule has 1 aliphatic heterocycles. The van der Waals surface area contributed by atoms with Crippen LogP contribution in [0.4, 0.5) is 14.9 Å². The minimum atomic E-state index is -0.304. The van der Waals surface area contributed by atoms with Gasteiger partial charge >= 0.3 is 0 Å². The van der Waals surface area contributed by atoms with E-state index in [1.165, 1.54) is 40.6 Å². The molecule has 0 spiro atoms. The molecule has 130 valence electrons. The lowest BCUT2D eigenvalue weighted by Crippen LogP contribution is -2.33. The van der Waals surface area contributed by atoms with Crippen LogP contribution in [0, 0.1) is 5.82 Å². The SMILES string of the molecule is O=C(CN1CCSC1=O)Nc1cc(Cl)ccc1Sc1ccc(F)cc1. The Hall–Kier alpha value is -1.70. The van der Waals surface area contributed by atoms with E-state index < -0.39 is 0 Å². The summed E-state index contributed by atoms with van der Waals surface area (Å²) in [7, 11) is 0. The van der Waals surface area contributed by atoms with Crippen LogP contribution in [0.3, 0.4) is 0 Å². The van der Waals surface area contributed by atoms with Crippen molar-refractivity contribution in [1.29, 1.82) is 0 Å². The van der Waals surface area contributed by atoms with Crippen molar-refractivity contribution < 1.29 is 14.0 Å². The van der Waals surface area contributed by atoms with E-state index in [2.05, 4.69) is 5.32 Å². The lowest BCUT2D eigenvalue weighted by Gasteiger charge is -2.16. The van der Waals surface area contributed by atoms with Crippen LogP contribution in [-0.2, 0) is 4.79 Å². The number of carbonyl (C=O) groups excluding carboxylic acids is 2. The Morgan fingerprint density at radius 3 is 2.72 bits per heavy atom. The standard InChI is InChI=1S/C17H14ClFN2O2S2/c18-11-1-6-15(25-13-4-2-12(19)3-5-13)14(9-11)20-16(22)10-21-7-8-24-17(21)23/h1-6,9H,7-8,10H2,(H,20,22). The van der Waals surface area contributed by atoms with Gasteiger partial charge in [0.2, 0.25) is 5.91 Å². The molecule has 2 amide bonds.